The van der Waals surface area contributed by atoms with Crippen LogP contribution in [-0.4, -0.2) is 18.4 Å². The van der Waals surface area contributed by atoms with Gasteiger partial charge < -0.3 is 11.1 Å². The topological polar surface area (TPSA) is 72.2 Å². The van der Waals surface area contributed by atoms with Gasteiger partial charge in [-0.1, -0.05) is 11.6 Å². The second-order valence-electron chi connectivity index (χ2n) is 3.33. The van der Waals surface area contributed by atoms with Gasteiger partial charge in [0.05, 0.1) is 0 Å². The van der Waals surface area contributed by atoms with Crippen LogP contribution < -0.4 is 11.1 Å². The summed E-state index contributed by atoms with van der Waals surface area (Å²) in [5, 5.41) is 3.27. The lowest BCUT2D eigenvalue weighted by molar-refractivity contribution is -0.118. The molecule has 0 unspecified atom stereocenters. The Morgan fingerprint density at radius 2 is 1.88 bits per heavy atom. The predicted octanol–water partition coefficient (Wildman–Crippen LogP) is 1.34. The van der Waals surface area contributed by atoms with Gasteiger partial charge in [-0.25, -0.2) is 0 Å². The van der Waals surface area contributed by atoms with E-state index in [1.807, 2.05) is 0 Å². The van der Waals surface area contributed by atoms with E-state index in [0.717, 1.165) is 0 Å². The molecule has 0 saturated carbocycles. The number of rotatable bonds is 5. The first-order chi connectivity index (χ1) is 7.59. The van der Waals surface area contributed by atoms with E-state index < -0.39 is 0 Å². The summed E-state index contributed by atoms with van der Waals surface area (Å²) in [5.41, 5.74) is 5.52. The summed E-state index contributed by atoms with van der Waals surface area (Å²) >= 11 is 5.69. The van der Waals surface area contributed by atoms with Gasteiger partial charge in [-0.2, -0.15) is 0 Å². The molecule has 16 heavy (non-hydrogen) atoms. The fraction of sp³-hybridized carbons (Fsp3) is 0.273. The highest BCUT2D eigenvalue weighted by Gasteiger charge is 2.04. The van der Waals surface area contributed by atoms with Gasteiger partial charge in [-0.05, 0) is 30.7 Å². The molecule has 0 aliphatic carbocycles. The largest absolute Gasteiger partial charge is 0.370 e. The Kier molecular flexibility index (Phi) is 4.79. The summed E-state index contributed by atoms with van der Waals surface area (Å²) in [6, 6.07) is 6.59. The van der Waals surface area contributed by atoms with Crippen LogP contribution in [0.5, 0.6) is 0 Å². The van der Waals surface area contributed by atoms with Crippen molar-refractivity contribution >= 4 is 23.4 Å². The maximum absolute atomic E-state index is 11.5. The van der Waals surface area contributed by atoms with Crippen molar-refractivity contribution in [1.82, 2.24) is 5.32 Å². The molecule has 86 valence electrons. The number of amides is 2. The highest BCUT2D eigenvalue weighted by Crippen LogP contribution is 2.09. The molecule has 1 rings (SSSR count). The van der Waals surface area contributed by atoms with E-state index in [1.54, 1.807) is 24.3 Å². The smallest absolute Gasteiger partial charge is 0.251 e. The second-order valence-corrected chi connectivity index (χ2v) is 3.77. The molecule has 0 bridgehead atoms. The fourth-order valence-electron chi connectivity index (χ4n) is 1.17. The van der Waals surface area contributed by atoms with Crippen molar-refractivity contribution in [2.75, 3.05) is 6.54 Å². The summed E-state index contributed by atoms with van der Waals surface area (Å²) in [6.07, 6.45) is 0.829. The van der Waals surface area contributed by atoms with Crippen molar-refractivity contribution in [3.05, 3.63) is 34.9 Å². The molecule has 0 atom stereocenters. The second kappa shape index (κ2) is 6.12. The molecule has 2 amide bonds. The van der Waals surface area contributed by atoms with Crippen molar-refractivity contribution in [2.24, 2.45) is 5.73 Å². The van der Waals surface area contributed by atoms with E-state index in [4.69, 9.17) is 17.3 Å². The molecule has 0 spiro atoms. The molecule has 4 nitrogen and oxygen atoms in total. The third kappa shape index (κ3) is 4.31. The van der Waals surface area contributed by atoms with Crippen LogP contribution in [0.2, 0.25) is 5.02 Å². The zero-order chi connectivity index (χ0) is 12.0. The van der Waals surface area contributed by atoms with Gasteiger partial charge in [-0.3, -0.25) is 9.59 Å². The van der Waals surface area contributed by atoms with Crippen molar-refractivity contribution in [2.45, 2.75) is 12.8 Å². The maximum atomic E-state index is 11.5. The van der Waals surface area contributed by atoms with Gasteiger partial charge in [-0.15, -0.1) is 0 Å². The number of hydrogen-bond acceptors (Lipinski definition) is 2. The van der Waals surface area contributed by atoms with E-state index in [-0.39, 0.29) is 18.2 Å². The molecule has 0 aliphatic rings. The highest BCUT2D eigenvalue weighted by atomic mass is 35.5. The van der Waals surface area contributed by atoms with Crippen LogP contribution in [0.25, 0.3) is 0 Å². The van der Waals surface area contributed by atoms with Gasteiger partial charge in [0, 0.05) is 23.6 Å². The molecule has 0 aromatic heterocycles. The Balaban J connectivity index is 2.35. The Morgan fingerprint density at radius 3 is 2.44 bits per heavy atom. The summed E-state index contributed by atoms with van der Waals surface area (Å²) in [7, 11) is 0. The molecule has 3 N–H and O–H groups in total. The summed E-state index contributed by atoms with van der Waals surface area (Å²) in [4.78, 5) is 22.0. The van der Waals surface area contributed by atoms with E-state index in [2.05, 4.69) is 5.32 Å². The molecule has 1 aromatic carbocycles. The first kappa shape index (κ1) is 12.5. The Labute approximate surface area is 98.8 Å². The van der Waals surface area contributed by atoms with Crippen LogP contribution in [0.15, 0.2) is 24.3 Å². The Morgan fingerprint density at radius 1 is 1.25 bits per heavy atom. The average Bonchev–Trinajstić information content (AvgIpc) is 2.25. The molecule has 0 fully saturated rings. The van der Waals surface area contributed by atoms with Crippen LogP contribution >= 0.6 is 11.6 Å². The minimum atomic E-state index is -0.360. The number of halogens is 1. The third-order valence-electron chi connectivity index (χ3n) is 1.99. The number of carbonyl (C=O) groups excluding carboxylic acids is 2. The SMILES string of the molecule is NC(=O)CCCNC(=O)c1ccc(Cl)cc1. The molecular formula is C11H13ClN2O2. The lowest BCUT2D eigenvalue weighted by atomic mass is 10.2. The van der Waals surface area contributed by atoms with Crippen molar-refractivity contribution in [3.63, 3.8) is 0 Å². The average molecular weight is 241 g/mol. The lowest BCUT2D eigenvalue weighted by Gasteiger charge is -2.04. The van der Waals surface area contributed by atoms with Crippen LogP contribution in [0.4, 0.5) is 0 Å². The number of hydrogen-bond donors (Lipinski definition) is 2. The van der Waals surface area contributed by atoms with Crippen molar-refractivity contribution in [1.29, 1.82) is 0 Å². The standard InChI is InChI=1S/C11H13ClN2O2/c12-9-5-3-8(4-6-9)11(16)14-7-1-2-10(13)15/h3-6H,1-2,7H2,(H2,13,15)(H,14,16). The van der Waals surface area contributed by atoms with Crippen molar-refractivity contribution < 1.29 is 9.59 Å². The minimum absolute atomic E-state index is 0.180. The molecule has 0 radical (unpaired) electrons. The maximum Gasteiger partial charge on any atom is 0.251 e. The number of nitrogens with two attached hydrogens (primary N) is 1. The van der Waals surface area contributed by atoms with E-state index in [0.29, 0.717) is 23.6 Å². The van der Waals surface area contributed by atoms with Gasteiger partial charge in [0.15, 0.2) is 0 Å². The summed E-state index contributed by atoms with van der Waals surface area (Å²) in [6.45, 7) is 0.435. The van der Waals surface area contributed by atoms with E-state index in [1.165, 1.54) is 0 Å². The number of nitrogens with one attached hydrogen (secondary N) is 1. The van der Waals surface area contributed by atoms with Crippen LogP contribution in [0, 0.1) is 0 Å². The third-order valence-corrected chi connectivity index (χ3v) is 2.24. The molecular weight excluding hydrogens is 228 g/mol. The molecule has 0 aliphatic heterocycles. The lowest BCUT2D eigenvalue weighted by Crippen LogP contribution is -2.25. The zero-order valence-corrected chi connectivity index (χ0v) is 9.46. The van der Waals surface area contributed by atoms with Gasteiger partial charge in [0.1, 0.15) is 0 Å². The van der Waals surface area contributed by atoms with Crippen molar-refractivity contribution in [3.8, 4) is 0 Å². The fourth-order valence-corrected chi connectivity index (χ4v) is 1.29. The summed E-state index contributed by atoms with van der Waals surface area (Å²) < 4.78 is 0. The monoisotopic (exact) mass is 240 g/mol. The molecule has 5 heteroatoms. The van der Waals surface area contributed by atoms with E-state index in [9.17, 15) is 9.59 Å². The highest BCUT2D eigenvalue weighted by molar-refractivity contribution is 6.30. The zero-order valence-electron chi connectivity index (χ0n) is 8.70. The van der Waals surface area contributed by atoms with Gasteiger partial charge in [0.25, 0.3) is 5.91 Å². The number of benzene rings is 1. The quantitative estimate of drug-likeness (QED) is 0.763. The van der Waals surface area contributed by atoms with Gasteiger partial charge >= 0.3 is 0 Å². The molecule has 0 heterocycles. The normalized spacial score (nSPS) is 9.81. The van der Waals surface area contributed by atoms with Gasteiger partial charge in [0.2, 0.25) is 5.91 Å². The predicted molar refractivity (Wildman–Crippen MR) is 62.2 cm³/mol. The molecule has 0 saturated heterocycles. The number of carbonyl (C=O) groups is 2. The van der Waals surface area contributed by atoms with Crippen LogP contribution in [0.1, 0.15) is 23.2 Å². The van der Waals surface area contributed by atoms with Crippen LogP contribution in [-0.2, 0) is 4.79 Å². The first-order valence-corrected chi connectivity index (χ1v) is 5.29. The first-order valence-electron chi connectivity index (χ1n) is 4.91. The number of primary amides is 1. The van der Waals surface area contributed by atoms with E-state index >= 15 is 0 Å². The minimum Gasteiger partial charge on any atom is -0.370 e. The Hall–Kier alpha value is -1.55. The van der Waals surface area contributed by atoms with Crippen LogP contribution in [0.3, 0.4) is 0 Å². The molecule has 1 aromatic rings. The summed E-state index contributed by atoms with van der Waals surface area (Å²) in [5.74, 6) is -0.540. The Bertz CT molecular complexity index is 376.